The van der Waals surface area contributed by atoms with Crippen LogP contribution in [-0.4, -0.2) is 25.5 Å². The summed E-state index contributed by atoms with van der Waals surface area (Å²) in [6.07, 6.45) is 3.44. The van der Waals surface area contributed by atoms with Gasteiger partial charge in [-0.05, 0) is 18.9 Å². The molecule has 0 fully saturated rings. The molecule has 92 valence electrons. The van der Waals surface area contributed by atoms with Crippen LogP contribution in [0.5, 0.6) is 0 Å². The van der Waals surface area contributed by atoms with Crippen LogP contribution >= 0.6 is 0 Å². The summed E-state index contributed by atoms with van der Waals surface area (Å²) < 4.78 is 15.8. The molecule has 4 nitrogen and oxygen atoms in total. The number of hydrogen-bond donors (Lipinski definition) is 0. The van der Waals surface area contributed by atoms with Gasteiger partial charge in [-0.2, -0.15) is 0 Å². The third-order valence-electron chi connectivity index (χ3n) is 2.19. The molecule has 0 radical (unpaired) electrons. The summed E-state index contributed by atoms with van der Waals surface area (Å²) in [7, 11) is 0. The highest BCUT2D eigenvalue weighted by atomic mass is 16.7. The number of esters is 1. The lowest BCUT2D eigenvalue weighted by Crippen LogP contribution is -2.28. The average Bonchev–Trinajstić information content (AvgIpc) is 2.27. The van der Waals surface area contributed by atoms with Crippen molar-refractivity contribution < 1.29 is 19.0 Å². The average molecular weight is 228 g/mol. The van der Waals surface area contributed by atoms with E-state index >= 15 is 0 Å². The predicted molar refractivity (Wildman–Crippen MR) is 59.5 cm³/mol. The van der Waals surface area contributed by atoms with E-state index in [1.54, 1.807) is 13.0 Å². The van der Waals surface area contributed by atoms with Crippen molar-refractivity contribution >= 4 is 5.97 Å². The molecule has 0 aromatic carbocycles. The number of carbonyl (C=O) groups excluding carboxylic acids is 1. The Kier molecular flexibility index (Phi) is 5.32. The lowest BCUT2D eigenvalue weighted by molar-refractivity contribution is -0.158. The first kappa shape index (κ1) is 13.0. The molecule has 4 heteroatoms. The van der Waals surface area contributed by atoms with Gasteiger partial charge in [0.2, 0.25) is 0 Å². The SMILES string of the molecule is CCOC(=O)[C@H]1C=CO[C@@H](OCC(C)C)C1. The van der Waals surface area contributed by atoms with Crippen molar-refractivity contribution in [1.29, 1.82) is 0 Å². The van der Waals surface area contributed by atoms with Crippen molar-refractivity contribution in [3.63, 3.8) is 0 Å². The minimum absolute atomic E-state index is 0.208. The minimum Gasteiger partial charge on any atom is -0.473 e. The highest BCUT2D eigenvalue weighted by Crippen LogP contribution is 2.20. The molecule has 2 atom stereocenters. The van der Waals surface area contributed by atoms with Crippen LogP contribution in [0, 0.1) is 11.8 Å². The van der Waals surface area contributed by atoms with E-state index in [9.17, 15) is 4.79 Å². The zero-order valence-corrected chi connectivity index (χ0v) is 10.1. The maximum atomic E-state index is 11.5. The van der Waals surface area contributed by atoms with Gasteiger partial charge in [-0.15, -0.1) is 0 Å². The second-order valence-corrected chi connectivity index (χ2v) is 4.22. The Labute approximate surface area is 96.6 Å². The third-order valence-corrected chi connectivity index (χ3v) is 2.19. The van der Waals surface area contributed by atoms with Crippen LogP contribution in [-0.2, 0) is 19.0 Å². The second-order valence-electron chi connectivity index (χ2n) is 4.22. The van der Waals surface area contributed by atoms with Crippen molar-refractivity contribution in [3.05, 3.63) is 12.3 Å². The van der Waals surface area contributed by atoms with Crippen LogP contribution in [0.4, 0.5) is 0 Å². The molecule has 1 aliphatic heterocycles. The molecular formula is C12H20O4. The smallest absolute Gasteiger partial charge is 0.313 e. The molecule has 0 bridgehead atoms. The van der Waals surface area contributed by atoms with Gasteiger partial charge in [-0.3, -0.25) is 4.79 Å². The Morgan fingerprint density at radius 2 is 2.31 bits per heavy atom. The summed E-state index contributed by atoms with van der Waals surface area (Å²) >= 11 is 0. The topological polar surface area (TPSA) is 44.8 Å². The molecule has 0 amide bonds. The molecular weight excluding hydrogens is 208 g/mol. The summed E-state index contributed by atoms with van der Waals surface area (Å²) in [4.78, 5) is 11.5. The summed E-state index contributed by atoms with van der Waals surface area (Å²) in [5.74, 6) is 0.00149. The molecule has 0 N–H and O–H groups in total. The molecule has 1 rings (SSSR count). The summed E-state index contributed by atoms with van der Waals surface area (Å²) in [5, 5.41) is 0. The molecule has 16 heavy (non-hydrogen) atoms. The van der Waals surface area contributed by atoms with Crippen molar-refractivity contribution in [2.75, 3.05) is 13.2 Å². The Balaban J connectivity index is 2.38. The largest absolute Gasteiger partial charge is 0.473 e. The first-order valence-corrected chi connectivity index (χ1v) is 5.73. The van der Waals surface area contributed by atoms with Crippen molar-refractivity contribution in [3.8, 4) is 0 Å². The van der Waals surface area contributed by atoms with Gasteiger partial charge in [0, 0.05) is 6.42 Å². The zero-order chi connectivity index (χ0) is 12.0. The molecule has 1 aliphatic rings. The molecule has 0 aromatic rings. The second kappa shape index (κ2) is 6.53. The lowest BCUT2D eigenvalue weighted by Gasteiger charge is -2.25. The van der Waals surface area contributed by atoms with E-state index in [-0.39, 0.29) is 18.2 Å². The van der Waals surface area contributed by atoms with Gasteiger partial charge in [0.05, 0.1) is 25.4 Å². The van der Waals surface area contributed by atoms with Crippen molar-refractivity contribution in [1.82, 2.24) is 0 Å². The first-order chi connectivity index (χ1) is 7.63. The van der Waals surface area contributed by atoms with Crippen LogP contribution < -0.4 is 0 Å². The van der Waals surface area contributed by atoms with E-state index in [4.69, 9.17) is 14.2 Å². The standard InChI is InChI=1S/C12H20O4/c1-4-14-12(13)10-5-6-15-11(7-10)16-8-9(2)3/h5-6,9-11H,4,7-8H2,1-3H3/t10-,11-/m0/s1. The minimum atomic E-state index is -0.332. The van der Waals surface area contributed by atoms with Gasteiger partial charge < -0.3 is 14.2 Å². The van der Waals surface area contributed by atoms with E-state index < -0.39 is 0 Å². The van der Waals surface area contributed by atoms with Gasteiger partial charge in [0.15, 0.2) is 6.29 Å². The van der Waals surface area contributed by atoms with Gasteiger partial charge in [-0.1, -0.05) is 13.8 Å². The quantitative estimate of drug-likeness (QED) is 0.676. The van der Waals surface area contributed by atoms with E-state index in [2.05, 4.69) is 13.8 Å². The van der Waals surface area contributed by atoms with Crippen LogP contribution in [0.25, 0.3) is 0 Å². The lowest BCUT2D eigenvalue weighted by atomic mass is 10.0. The zero-order valence-electron chi connectivity index (χ0n) is 10.1. The van der Waals surface area contributed by atoms with Gasteiger partial charge in [0.25, 0.3) is 0 Å². The Morgan fingerprint density at radius 3 is 2.94 bits per heavy atom. The number of carbonyl (C=O) groups is 1. The first-order valence-electron chi connectivity index (χ1n) is 5.73. The molecule has 0 saturated heterocycles. The number of ether oxygens (including phenoxy) is 3. The Bertz CT molecular complexity index is 247. The monoisotopic (exact) mass is 228 g/mol. The van der Waals surface area contributed by atoms with Gasteiger partial charge in [-0.25, -0.2) is 0 Å². The summed E-state index contributed by atoms with van der Waals surface area (Å²) in [5.41, 5.74) is 0. The highest BCUT2D eigenvalue weighted by Gasteiger charge is 2.26. The Morgan fingerprint density at radius 1 is 1.56 bits per heavy atom. The van der Waals surface area contributed by atoms with Crippen LogP contribution in [0.2, 0.25) is 0 Å². The molecule has 0 spiro atoms. The fraction of sp³-hybridized carbons (Fsp3) is 0.750. The van der Waals surface area contributed by atoms with Crippen molar-refractivity contribution in [2.45, 2.75) is 33.5 Å². The van der Waals surface area contributed by atoms with E-state index in [1.807, 2.05) is 0 Å². The fourth-order valence-corrected chi connectivity index (χ4v) is 1.40. The van der Waals surface area contributed by atoms with Crippen molar-refractivity contribution in [2.24, 2.45) is 11.8 Å². The predicted octanol–water partition coefficient (Wildman–Crippen LogP) is 2.10. The maximum absolute atomic E-state index is 11.5. The van der Waals surface area contributed by atoms with Gasteiger partial charge in [0.1, 0.15) is 0 Å². The maximum Gasteiger partial charge on any atom is 0.313 e. The molecule has 0 unspecified atom stereocenters. The molecule has 0 aliphatic carbocycles. The molecule has 1 heterocycles. The number of hydrogen-bond acceptors (Lipinski definition) is 4. The summed E-state index contributed by atoms with van der Waals surface area (Å²) in [6.45, 7) is 6.98. The third kappa shape index (κ3) is 4.23. The van der Waals surface area contributed by atoms with Crippen LogP contribution in [0.15, 0.2) is 12.3 Å². The Hall–Kier alpha value is -1.03. The molecule has 0 saturated carbocycles. The van der Waals surface area contributed by atoms with E-state index in [0.29, 0.717) is 25.6 Å². The van der Waals surface area contributed by atoms with Crippen LogP contribution in [0.1, 0.15) is 27.2 Å². The van der Waals surface area contributed by atoms with Gasteiger partial charge >= 0.3 is 5.97 Å². The highest BCUT2D eigenvalue weighted by molar-refractivity contribution is 5.74. The van der Waals surface area contributed by atoms with Crippen LogP contribution in [0.3, 0.4) is 0 Å². The summed E-state index contributed by atoms with van der Waals surface area (Å²) in [6, 6.07) is 0. The van der Waals surface area contributed by atoms with E-state index in [0.717, 1.165) is 0 Å². The van der Waals surface area contributed by atoms with E-state index in [1.165, 1.54) is 6.26 Å². The molecule has 0 aromatic heterocycles. The number of rotatable bonds is 5. The normalized spacial score (nSPS) is 24.2. The fourth-order valence-electron chi connectivity index (χ4n) is 1.40.